The number of rotatable bonds is 3. The number of carbonyl (C=O) groups excluding carboxylic acids is 2. The highest BCUT2D eigenvalue weighted by Gasteiger charge is 2.36. The van der Waals surface area contributed by atoms with Crippen LogP contribution in [0.3, 0.4) is 0 Å². The largest absolute Gasteiger partial charge is 0.467 e. The zero-order valence-electron chi connectivity index (χ0n) is 15.0. The maximum Gasteiger partial charge on any atom is 0.339 e. The number of thioether (sulfide) groups is 1. The zero-order valence-corrected chi connectivity index (χ0v) is 17.4. The van der Waals surface area contributed by atoms with Crippen molar-refractivity contribution >= 4 is 57.9 Å². The lowest BCUT2D eigenvalue weighted by atomic mass is 10.1. The van der Waals surface area contributed by atoms with Crippen molar-refractivity contribution in [3.05, 3.63) is 51.8 Å². The van der Waals surface area contributed by atoms with Gasteiger partial charge in [0.25, 0.3) is 5.91 Å². The summed E-state index contributed by atoms with van der Waals surface area (Å²) in [5, 5.41) is -0.251. The lowest BCUT2D eigenvalue weighted by Crippen LogP contribution is -2.40. The van der Waals surface area contributed by atoms with Crippen LogP contribution in [0.25, 0.3) is 22.4 Å². The Morgan fingerprint density at radius 3 is 2.83 bits per heavy atom. The molecule has 1 fully saturated rings. The first-order valence-electron chi connectivity index (χ1n) is 8.54. The fourth-order valence-corrected chi connectivity index (χ4v) is 4.83. The Labute approximate surface area is 179 Å². The van der Waals surface area contributed by atoms with Crippen LogP contribution in [0.15, 0.2) is 30.3 Å². The summed E-state index contributed by atoms with van der Waals surface area (Å²) >= 11 is 13.8. The van der Waals surface area contributed by atoms with E-state index in [9.17, 15) is 14.0 Å². The summed E-state index contributed by atoms with van der Waals surface area (Å²) in [5.41, 5.74) is 1.24. The number of methoxy groups -OCH3 is 1. The van der Waals surface area contributed by atoms with E-state index >= 15 is 0 Å². The molecule has 0 saturated carbocycles. The number of amides is 1. The van der Waals surface area contributed by atoms with Crippen LogP contribution in [0, 0.1) is 5.82 Å². The second kappa shape index (κ2) is 7.85. The highest BCUT2D eigenvalue weighted by molar-refractivity contribution is 8.00. The Balaban J connectivity index is 1.74. The number of nitrogens with one attached hydrogen (secondary N) is 1. The SMILES string of the molecule is COC(=O)C1SCCN1C(=O)c1cc(Cl)c2[nH]c(-c3c(F)cccc3Cl)nc2c1. The van der Waals surface area contributed by atoms with Crippen LogP contribution in [-0.2, 0) is 9.53 Å². The molecule has 1 aromatic heterocycles. The lowest BCUT2D eigenvalue weighted by molar-refractivity contribution is -0.142. The highest BCUT2D eigenvalue weighted by Crippen LogP contribution is 2.33. The first-order valence-corrected chi connectivity index (χ1v) is 10.3. The van der Waals surface area contributed by atoms with Gasteiger partial charge in [0.05, 0.1) is 33.8 Å². The topological polar surface area (TPSA) is 75.3 Å². The maximum absolute atomic E-state index is 14.2. The third-order valence-corrected chi connectivity index (χ3v) is 6.34. The van der Waals surface area contributed by atoms with Crippen LogP contribution in [0.5, 0.6) is 0 Å². The summed E-state index contributed by atoms with van der Waals surface area (Å²) < 4.78 is 19.0. The zero-order chi connectivity index (χ0) is 20.7. The number of hydrogen-bond donors (Lipinski definition) is 1. The molecule has 1 N–H and O–H groups in total. The van der Waals surface area contributed by atoms with Gasteiger partial charge in [0.2, 0.25) is 0 Å². The molecule has 0 radical (unpaired) electrons. The van der Waals surface area contributed by atoms with Crippen LogP contribution >= 0.6 is 35.0 Å². The number of aromatic amines is 1. The van der Waals surface area contributed by atoms with E-state index < -0.39 is 17.2 Å². The summed E-state index contributed by atoms with van der Waals surface area (Å²) in [4.78, 5) is 33.7. The summed E-state index contributed by atoms with van der Waals surface area (Å²) in [5.74, 6) is -0.537. The Morgan fingerprint density at radius 1 is 1.31 bits per heavy atom. The van der Waals surface area contributed by atoms with Crippen LogP contribution in [0.4, 0.5) is 4.39 Å². The third-order valence-electron chi connectivity index (χ3n) is 4.55. The summed E-state index contributed by atoms with van der Waals surface area (Å²) in [6.07, 6.45) is 0. The van der Waals surface area contributed by atoms with Crippen molar-refractivity contribution in [2.24, 2.45) is 0 Å². The van der Waals surface area contributed by atoms with Crippen molar-refractivity contribution in [3.8, 4) is 11.4 Å². The van der Waals surface area contributed by atoms with Gasteiger partial charge in [-0.1, -0.05) is 29.3 Å². The second-order valence-corrected chi connectivity index (χ2v) is 8.28. The fourth-order valence-electron chi connectivity index (χ4n) is 3.18. The molecule has 150 valence electrons. The summed E-state index contributed by atoms with van der Waals surface area (Å²) in [6, 6.07) is 7.38. The number of aromatic nitrogens is 2. The van der Waals surface area contributed by atoms with E-state index in [2.05, 4.69) is 9.97 Å². The predicted octanol–water partition coefficient (Wildman–Crippen LogP) is 4.36. The molecule has 1 amide bonds. The van der Waals surface area contributed by atoms with Gasteiger partial charge < -0.3 is 14.6 Å². The van der Waals surface area contributed by atoms with Gasteiger partial charge in [0, 0.05) is 17.9 Å². The highest BCUT2D eigenvalue weighted by atomic mass is 35.5. The van der Waals surface area contributed by atoms with Gasteiger partial charge in [-0.2, -0.15) is 0 Å². The molecule has 0 bridgehead atoms. The molecule has 4 rings (SSSR count). The van der Waals surface area contributed by atoms with Gasteiger partial charge in [0.1, 0.15) is 11.6 Å². The monoisotopic (exact) mass is 453 g/mol. The quantitative estimate of drug-likeness (QED) is 0.596. The van der Waals surface area contributed by atoms with Gasteiger partial charge in [-0.3, -0.25) is 4.79 Å². The average molecular weight is 454 g/mol. The van der Waals surface area contributed by atoms with Crippen LogP contribution in [-0.4, -0.2) is 51.5 Å². The van der Waals surface area contributed by atoms with E-state index in [4.69, 9.17) is 27.9 Å². The van der Waals surface area contributed by atoms with Crippen molar-refractivity contribution < 1.29 is 18.7 Å². The summed E-state index contributed by atoms with van der Waals surface area (Å²) in [7, 11) is 1.28. The number of nitrogens with zero attached hydrogens (tertiary/aromatic N) is 2. The molecular formula is C19H14Cl2FN3O3S. The Hall–Kier alpha value is -2.29. The van der Waals surface area contributed by atoms with E-state index in [1.165, 1.54) is 42.0 Å². The van der Waals surface area contributed by atoms with Crippen molar-refractivity contribution in [2.75, 3.05) is 19.4 Å². The Morgan fingerprint density at radius 2 is 2.10 bits per heavy atom. The molecule has 0 spiro atoms. The van der Waals surface area contributed by atoms with Crippen LogP contribution in [0.1, 0.15) is 10.4 Å². The number of ether oxygens (including phenoxy) is 1. The van der Waals surface area contributed by atoms with E-state index in [-0.39, 0.29) is 32.9 Å². The molecule has 3 aromatic rings. The van der Waals surface area contributed by atoms with E-state index in [0.717, 1.165) is 0 Å². The second-order valence-electron chi connectivity index (χ2n) is 6.28. The first-order chi connectivity index (χ1) is 13.9. The van der Waals surface area contributed by atoms with Crippen LogP contribution in [0.2, 0.25) is 10.0 Å². The van der Waals surface area contributed by atoms with Gasteiger partial charge in [-0.15, -0.1) is 11.8 Å². The minimum atomic E-state index is -0.700. The Kier molecular flexibility index (Phi) is 5.42. The number of fused-ring (bicyclic) bond motifs is 1. The van der Waals surface area contributed by atoms with Crippen molar-refractivity contribution in [2.45, 2.75) is 5.37 Å². The molecule has 2 heterocycles. The lowest BCUT2D eigenvalue weighted by Gasteiger charge is -2.21. The third kappa shape index (κ3) is 3.56. The van der Waals surface area contributed by atoms with Crippen LogP contribution < -0.4 is 0 Å². The standard InChI is InChI=1S/C19H14Cl2FN3O3S/c1-28-19(27)18-25(5-6-29-18)17(26)9-7-11(21)15-13(8-9)23-16(24-15)14-10(20)3-2-4-12(14)22/h2-4,7-8,18H,5-6H2,1H3,(H,23,24). The molecule has 1 saturated heterocycles. The minimum absolute atomic E-state index is 0.121. The molecule has 1 unspecified atom stereocenters. The molecule has 1 aliphatic rings. The Bertz CT molecular complexity index is 1120. The first kappa shape index (κ1) is 20.0. The predicted molar refractivity (Wildman–Crippen MR) is 111 cm³/mol. The molecular weight excluding hydrogens is 440 g/mol. The minimum Gasteiger partial charge on any atom is -0.467 e. The van der Waals surface area contributed by atoms with Crippen molar-refractivity contribution in [1.82, 2.24) is 14.9 Å². The molecule has 6 nitrogen and oxygen atoms in total. The smallest absolute Gasteiger partial charge is 0.339 e. The molecule has 10 heteroatoms. The van der Waals surface area contributed by atoms with Crippen molar-refractivity contribution in [3.63, 3.8) is 0 Å². The molecule has 29 heavy (non-hydrogen) atoms. The van der Waals surface area contributed by atoms with Crippen molar-refractivity contribution in [1.29, 1.82) is 0 Å². The van der Waals surface area contributed by atoms with E-state index in [1.54, 1.807) is 12.1 Å². The maximum atomic E-state index is 14.2. The fraction of sp³-hybridized carbons (Fsp3) is 0.211. The van der Waals surface area contributed by atoms with Gasteiger partial charge >= 0.3 is 5.97 Å². The van der Waals surface area contributed by atoms with E-state index in [0.29, 0.717) is 23.3 Å². The number of H-pyrrole nitrogens is 1. The summed E-state index contributed by atoms with van der Waals surface area (Å²) in [6.45, 7) is 0.412. The van der Waals surface area contributed by atoms with Gasteiger partial charge in [0.15, 0.2) is 5.37 Å². The number of imidazole rings is 1. The normalized spacial score (nSPS) is 16.4. The molecule has 0 aliphatic carbocycles. The molecule has 1 atom stereocenters. The number of carbonyl (C=O) groups is 2. The number of hydrogen-bond acceptors (Lipinski definition) is 5. The molecule has 1 aliphatic heterocycles. The van der Waals surface area contributed by atoms with Gasteiger partial charge in [-0.05, 0) is 24.3 Å². The average Bonchev–Trinajstić information content (AvgIpc) is 3.34. The van der Waals surface area contributed by atoms with Gasteiger partial charge in [-0.25, -0.2) is 14.2 Å². The van der Waals surface area contributed by atoms with E-state index in [1.807, 2.05) is 0 Å². The number of esters is 1. The number of benzene rings is 2. The number of halogens is 3. The molecule has 2 aromatic carbocycles.